The second-order valence-electron chi connectivity index (χ2n) is 5.60. The van der Waals surface area contributed by atoms with Gasteiger partial charge in [-0.15, -0.1) is 0 Å². The molecule has 2 rings (SSSR count). The number of benzene rings is 1. The molecule has 4 nitrogen and oxygen atoms in total. The van der Waals surface area contributed by atoms with E-state index in [1.165, 1.54) is 6.26 Å². The zero-order chi connectivity index (χ0) is 15.5. The van der Waals surface area contributed by atoms with Crippen molar-refractivity contribution in [2.45, 2.75) is 43.5 Å². The molecule has 0 bridgehead atoms. The van der Waals surface area contributed by atoms with Crippen LogP contribution >= 0.6 is 11.6 Å². The predicted molar refractivity (Wildman–Crippen MR) is 85.7 cm³/mol. The number of methoxy groups -OCH3 is 1. The molecule has 1 saturated carbocycles. The summed E-state index contributed by atoms with van der Waals surface area (Å²) >= 11 is 6.02. The molecule has 0 saturated heterocycles. The van der Waals surface area contributed by atoms with E-state index in [9.17, 15) is 8.42 Å². The van der Waals surface area contributed by atoms with Crippen molar-refractivity contribution < 1.29 is 13.2 Å². The van der Waals surface area contributed by atoms with Gasteiger partial charge >= 0.3 is 0 Å². The second-order valence-corrected chi connectivity index (χ2v) is 8.30. The Balaban J connectivity index is 2.09. The number of nitrogens with one attached hydrogen (secondary N) is 1. The van der Waals surface area contributed by atoms with Crippen molar-refractivity contribution >= 4 is 21.4 Å². The molecule has 0 aromatic heterocycles. The lowest BCUT2D eigenvalue weighted by atomic mass is 9.94. The molecule has 0 radical (unpaired) electrons. The largest absolute Gasteiger partial charge is 0.496 e. The quantitative estimate of drug-likeness (QED) is 0.901. The number of sulfone groups is 1. The van der Waals surface area contributed by atoms with Gasteiger partial charge in [0.2, 0.25) is 0 Å². The van der Waals surface area contributed by atoms with E-state index in [0.29, 0.717) is 11.6 Å². The maximum Gasteiger partial charge on any atom is 0.151 e. The van der Waals surface area contributed by atoms with Crippen molar-refractivity contribution in [2.75, 3.05) is 13.4 Å². The number of hydrogen-bond acceptors (Lipinski definition) is 4. The van der Waals surface area contributed by atoms with E-state index in [2.05, 4.69) is 5.32 Å². The summed E-state index contributed by atoms with van der Waals surface area (Å²) in [4.78, 5) is 0. The molecular formula is C15H22ClNO3S. The van der Waals surface area contributed by atoms with Crippen LogP contribution in [0.3, 0.4) is 0 Å². The van der Waals surface area contributed by atoms with Crippen LogP contribution in [0.25, 0.3) is 0 Å². The van der Waals surface area contributed by atoms with Crippen LogP contribution in [0.15, 0.2) is 18.2 Å². The molecule has 6 heteroatoms. The first-order valence-electron chi connectivity index (χ1n) is 7.16. The molecule has 0 spiro atoms. The van der Waals surface area contributed by atoms with Crippen LogP contribution in [0.5, 0.6) is 5.75 Å². The highest BCUT2D eigenvalue weighted by atomic mass is 35.5. The minimum atomic E-state index is -3.02. The van der Waals surface area contributed by atoms with Crippen LogP contribution in [0.1, 0.15) is 31.2 Å². The Hall–Kier alpha value is -0.780. The highest BCUT2D eigenvalue weighted by Crippen LogP contribution is 2.26. The number of ether oxygens (including phenoxy) is 1. The molecular weight excluding hydrogens is 310 g/mol. The summed E-state index contributed by atoms with van der Waals surface area (Å²) in [6, 6.07) is 5.46. The number of hydrogen-bond donors (Lipinski definition) is 1. The molecule has 0 amide bonds. The summed E-state index contributed by atoms with van der Waals surface area (Å²) in [6.07, 6.45) is 5.01. The third-order valence-corrected chi connectivity index (χ3v) is 5.95. The van der Waals surface area contributed by atoms with Crippen LogP contribution in [0.4, 0.5) is 0 Å². The van der Waals surface area contributed by atoms with Crippen LogP contribution in [0.2, 0.25) is 5.02 Å². The zero-order valence-corrected chi connectivity index (χ0v) is 14.0. The highest BCUT2D eigenvalue weighted by molar-refractivity contribution is 7.91. The Labute approximate surface area is 131 Å². The zero-order valence-electron chi connectivity index (χ0n) is 12.4. The lowest BCUT2D eigenvalue weighted by Gasteiger charge is -2.31. The molecule has 0 heterocycles. The maximum absolute atomic E-state index is 11.9. The average molecular weight is 332 g/mol. The van der Waals surface area contributed by atoms with Crippen LogP contribution < -0.4 is 10.1 Å². The maximum atomic E-state index is 11.9. The van der Waals surface area contributed by atoms with E-state index in [-0.39, 0.29) is 11.3 Å². The van der Waals surface area contributed by atoms with E-state index in [4.69, 9.17) is 16.3 Å². The van der Waals surface area contributed by atoms with Gasteiger partial charge in [-0.3, -0.25) is 0 Å². The fourth-order valence-electron chi connectivity index (χ4n) is 2.97. The van der Waals surface area contributed by atoms with Crippen molar-refractivity contribution in [1.29, 1.82) is 0 Å². The molecule has 1 aromatic rings. The topological polar surface area (TPSA) is 55.4 Å². The van der Waals surface area contributed by atoms with Gasteiger partial charge in [0.25, 0.3) is 0 Å². The van der Waals surface area contributed by atoms with E-state index < -0.39 is 9.84 Å². The molecule has 1 aliphatic rings. The first-order chi connectivity index (χ1) is 9.91. The summed E-state index contributed by atoms with van der Waals surface area (Å²) < 4.78 is 29.1. The Morgan fingerprint density at radius 3 is 2.71 bits per heavy atom. The summed E-state index contributed by atoms with van der Waals surface area (Å²) in [5.74, 6) is 0.763. The number of halogens is 1. The third kappa shape index (κ3) is 4.34. The van der Waals surface area contributed by atoms with Crippen LogP contribution in [-0.4, -0.2) is 33.1 Å². The first-order valence-corrected chi connectivity index (χ1v) is 9.49. The lowest BCUT2D eigenvalue weighted by molar-refractivity contribution is 0.364. The van der Waals surface area contributed by atoms with Crippen molar-refractivity contribution in [3.05, 3.63) is 28.8 Å². The van der Waals surface area contributed by atoms with Crippen molar-refractivity contribution in [3.8, 4) is 5.75 Å². The van der Waals surface area contributed by atoms with E-state index in [0.717, 1.165) is 37.0 Å². The SMILES string of the molecule is COc1ccc(Cl)cc1CN[C@@H]1CCCC[C@H]1S(C)(=O)=O. The van der Waals surface area contributed by atoms with Gasteiger partial charge in [-0.1, -0.05) is 24.4 Å². The van der Waals surface area contributed by atoms with Gasteiger partial charge in [0.15, 0.2) is 9.84 Å². The summed E-state index contributed by atoms with van der Waals surface area (Å²) in [5, 5.41) is 3.73. The minimum absolute atomic E-state index is 0.00237. The summed E-state index contributed by atoms with van der Waals surface area (Å²) in [6.45, 7) is 0.556. The van der Waals surface area contributed by atoms with Gasteiger partial charge in [-0.2, -0.15) is 0 Å². The Morgan fingerprint density at radius 2 is 2.05 bits per heavy atom. The lowest BCUT2D eigenvalue weighted by Crippen LogP contribution is -2.45. The van der Waals surface area contributed by atoms with E-state index in [1.807, 2.05) is 12.1 Å². The standard InChI is InChI=1S/C15H22ClNO3S/c1-20-14-8-7-12(16)9-11(14)10-17-13-5-3-4-6-15(13)21(2,18)19/h7-9,13,15,17H,3-6,10H2,1-2H3/t13-,15-/m1/s1. The van der Waals surface area contributed by atoms with Gasteiger partial charge in [-0.25, -0.2) is 8.42 Å². The second kappa shape index (κ2) is 6.99. The normalized spacial score (nSPS) is 23.0. The van der Waals surface area contributed by atoms with Gasteiger partial charge in [-0.05, 0) is 31.0 Å². The average Bonchev–Trinajstić information content (AvgIpc) is 2.44. The summed E-state index contributed by atoms with van der Waals surface area (Å²) in [5.41, 5.74) is 0.947. The smallest absolute Gasteiger partial charge is 0.151 e. The molecule has 2 atom stereocenters. The molecule has 1 N–H and O–H groups in total. The molecule has 1 fully saturated rings. The van der Waals surface area contributed by atoms with Gasteiger partial charge < -0.3 is 10.1 Å². The Bertz CT molecular complexity index is 589. The van der Waals surface area contributed by atoms with E-state index >= 15 is 0 Å². The Morgan fingerprint density at radius 1 is 1.33 bits per heavy atom. The van der Waals surface area contributed by atoms with Gasteiger partial charge in [0, 0.05) is 29.4 Å². The molecule has 1 aliphatic carbocycles. The van der Waals surface area contributed by atoms with Crippen LogP contribution in [0, 0.1) is 0 Å². The fraction of sp³-hybridized carbons (Fsp3) is 0.600. The fourth-order valence-corrected chi connectivity index (χ4v) is 4.59. The van der Waals surface area contributed by atoms with E-state index in [1.54, 1.807) is 13.2 Å². The molecule has 0 unspecified atom stereocenters. The first kappa shape index (κ1) is 16.6. The highest BCUT2D eigenvalue weighted by Gasteiger charge is 2.32. The third-order valence-electron chi connectivity index (χ3n) is 4.05. The summed E-state index contributed by atoms with van der Waals surface area (Å²) in [7, 11) is -1.41. The molecule has 1 aromatic carbocycles. The predicted octanol–water partition coefficient (Wildman–Crippen LogP) is 2.79. The van der Waals surface area contributed by atoms with Gasteiger partial charge in [0.1, 0.15) is 5.75 Å². The minimum Gasteiger partial charge on any atom is -0.496 e. The number of rotatable bonds is 5. The monoisotopic (exact) mass is 331 g/mol. The molecule has 0 aliphatic heterocycles. The Kier molecular flexibility index (Phi) is 5.52. The van der Waals surface area contributed by atoms with Crippen molar-refractivity contribution in [3.63, 3.8) is 0 Å². The van der Waals surface area contributed by atoms with Gasteiger partial charge in [0.05, 0.1) is 12.4 Å². The van der Waals surface area contributed by atoms with Crippen LogP contribution in [-0.2, 0) is 16.4 Å². The van der Waals surface area contributed by atoms with Crippen molar-refractivity contribution in [2.24, 2.45) is 0 Å². The molecule has 21 heavy (non-hydrogen) atoms. The molecule has 118 valence electrons. The van der Waals surface area contributed by atoms with Crippen molar-refractivity contribution in [1.82, 2.24) is 5.32 Å².